The second-order valence-corrected chi connectivity index (χ2v) is 5.12. The summed E-state index contributed by atoms with van der Waals surface area (Å²) in [5.41, 5.74) is 0.464. The van der Waals surface area contributed by atoms with Gasteiger partial charge < -0.3 is 10.1 Å². The molecule has 0 bridgehead atoms. The molecule has 0 aliphatic heterocycles. The summed E-state index contributed by atoms with van der Waals surface area (Å²) < 4.78 is 0. The largest absolute Gasteiger partial charge is 0.356 e. The van der Waals surface area contributed by atoms with E-state index in [1.54, 1.807) is 0 Å². The topological polar surface area (TPSA) is 46.2 Å². The Kier molecular flexibility index (Phi) is 2.81. The molecule has 0 atom stereocenters. The molecular weight excluding hydrogens is 190 g/mol. The molecule has 2 aliphatic carbocycles. The fourth-order valence-electron chi connectivity index (χ4n) is 2.24. The third-order valence-corrected chi connectivity index (χ3v) is 3.68. The third-order valence-electron chi connectivity index (χ3n) is 3.68. The van der Waals surface area contributed by atoms with Crippen LogP contribution in [-0.4, -0.2) is 18.2 Å². The monoisotopic (exact) mass is 209 g/mol. The van der Waals surface area contributed by atoms with Gasteiger partial charge in [0.15, 0.2) is 0 Å². The van der Waals surface area contributed by atoms with Crippen LogP contribution in [0.4, 0.5) is 0 Å². The predicted molar refractivity (Wildman–Crippen MR) is 57.3 cm³/mol. The number of carbonyl (C=O) groups excluding carboxylic acids is 2. The molecule has 0 unspecified atom stereocenters. The number of hydrogen-bond acceptors (Lipinski definition) is 2. The number of rotatable bonds is 6. The molecular formula is C12H19NO2. The fourth-order valence-corrected chi connectivity index (χ4v) is 2.24. The molecule has 0 radical (unpaired) electrons. The summed E-state index contributed by atoms with van der Waals surface area (Å²) in [6.07, 6.45) is 6.00. The molecule has 84 valence electrons. The molecule has 1 amide bonds. The highest BCUT2D eigenvalue weighted by Gasteiger charge is 2.53. The Morgan fingerprint density at radius 3 is 2.40 bits per heavy atom. The van der Waals surface area contributed by atoms with E-state index in [4.69, 9.17) is 0 Å². The van der Waals surface area contributed by atoms with Crippen LogP contribution in [0.3, 0.4) is 0 Å². The molecule has 0 aromatic heterocycles. The van der Waals surface area contributed by atoms with Crippen molar-refractivity contribution in [2.24, 2.45) is 11.3 Å². The van der Waals surface area contributed by atoms with E-state index in [9.17, 15) is 9.59 Å². The number of Topliss-reactive ketones (excluding diaryl/α,β-unsaturated/α-hetero) is 1. The highest BCUT2D eigenvalue weighted by Crippen LogP contribution is 2.60. The van der Waals surface area contributed by atoms with Gasteiger partial charge in [-0.1, -0.05) is 0 Å². The van der Waals surface area contributed by atoms with Crippen molar-refractivity contribution in [3.05, 3.63) is 0 Å². The van der Waals surface area contributed by atoms with Gasteiger partial charge in [0.1, 0.15) is 5.78 Å². The normalized spacial score (nSPS) is 22.2. The Balaban J connectivity index is 1.64. The van der Waals surface area contributed by atoms with Crippen LogP contribution < -0.4 is 5.32 Å². The first kappa shape index (κ1) is 10.7. The van der Waals surface area contributed by atoms with Gasteiger partial charge in [0.25, 0.3) is 0 Å². The van der Waals surface area contributed by atoms with E-state index < -0.39 is 0 Å². The van der Waals surface area contributed by atoms with Crippen LogP contribution in [-0.2, 0) is 9.59 Å². The minimum atomic E-state index is 0.0390. The number of amides is 1. The van der Waals surface area contributed by atoms with Crippen LogP contribution >= 0.6 is 0 Å². The summed E-state index contributed by atoms with van der Waals surface area (Å²) >= 11 is 0. The van der Waals surface area contributed by atoms with Gasteiger partial charge in [-0.2, -0.15) is 0 Å². The lowest BCUT2D eigenvalue weighted by Crippen LogP contribution is -2.31. The van der Waals surface area contributed by atoms with Crippen molar-refractivity contribution in [3.8, 4) is 0 Å². The van der Waals surface area contributed by atoms with Crippen LogP contribution in [0.5, 0.6) is 0 Å². The van der Waals surface area contributed by atoms with E-state index in [0.29, 0.717) is 18.3 Å². The van der Waals surface area contributed by atoms with Gasteiger partial charge in [0, 0.05) is 19.4 Å². The molecule has 0 aromatic rings. The van der Waals surface area contributed by atoms with Gasteiger partial charge >= 0.3 is 0 Å². The maximum Gasteiger partial charge on any atom is 0.220 e. The zero-order valence-corrected chi connectivity index (χ0v) is 9.34. The van der Waals surface area contributed by atoms with Gasteiger partial charge in [-0.3, -0.25) is 4.79 Å². The SMILES string of the molecule is CC(=O)CCC(=O)NCC1(C2CC2)CC1. The minimum absolute atomic E-state index is 0.0390. The third kappa shape index (κ3) is 2.80. The second-order valence-electron chi connectivity index (χ2n) is 5.12. The lowest BCUT2D eigenvalue weighted by atomic mass is 10.0. The first-order valence-corrected chi connectivity index (χ1v) is 5.88. The van der Waals surface area contributed by atoms with Crippen molar-refractivity contribution < 1.29 is 9.59 Å². The summed E-state index contributed by atoms with van der Waals surface area (Å²) in [5, 5.41) is 2.97. The molecule has 0 saturated heterocycles. The van der Waals surface area contributed by atoms with E-state index in [0.717, 1.165) is 12.5 Å². The van der Waals surface area contributed by atoms with Crippen molar-refractivity contribution >= 4 is 11.7 Å². The predicted octanol–water partition coefficient (Wildman–Crippen LogP) is 1.66. The van der Waals surface area contributed by atoms with Crippen molar-refractivity contribution in [1.82, 2.24) is 5.32 Å². The van der Waals surface area contributed by atoms with Gasteiger partial charge in [-0.05, 0) is 43.9 Å². The van der Waals surface area contributed by atoms with Crippen LogP contribution in [0.15, 0.2) is 0 Å². The molecule has 2 rings (SSSR count). The minimum Gasteiger partial charge on any atom is -0.356 e. The zero-order chi connectivity index (χ0) is 10.9. The first-order valence-electron chi connectivity index (χ1n) is 5.88. The Morgan fingerprint density at radius 2 is 1.93 bits per heavy atom. The van der Waals surface area contributed by atoms with E-state index in [2.05, 4.69) is 5.32 Å². The van der Waals surface area contributed by atoms with Crippen molar-refractivity contribution in [2.45, 2.75) is 45.4 Å². The number of carbonyl (C=O) groups is 2. The number of ketones is 1. The quantitative estimate of drug-likeness (QED) is 0.723. The smallest absolute Gasteiger partial charge is 0.220 e. The second kappa shape index (κ2) is 3.95. The summed E-state index contributed by atoms with van der Waals surface area (Å²) in [4.78, 5) is 22.1. The van der Waals surface area contributed by atoms with Crippen LogP contribution in [0.1, 0.15) is 45.4 Å². The zero-order valence-electron chi connectivity index (χ0n) is 9.34. The molecule has 3 heteroatoms. The van der Waals surface area contributed by atoms with Crippen molar-refractivity contribution in [1.29, 1.82) is 0 Å². The summed E-state index contributed by atoms with van der Waals surface area (Å²) in [5.74, 6) is 1.01. The average molecular weight is 209 g/mol. The van der Waals surface area contributed by atoms with E-state index in [1.165, 1.54) is 32.6 Å². The van der Waals surface area contributed by atoms with Crippen molar-refractivity contribution in [2.75, 3.05) is 6.54 Å². The number of hydrogen-bond donors (Lipinski definition) is 1. The highest BCUT2D eigenvalue weighted by molar-refractivity contribution is 5.83. The van der Waals surface area contributed by atoms with Gasteiger partial charge in [0.05, 0.1) is 0 Å². The van der Waals surface area contributed by atoms with Gasteiger partial charge in [0.2, 0.25) is 5.91 Å². The highest BCUT2D eigenvalue weighted by atomic mass is 16.2. The summed E-state index contributed by atoms with van der Waals surface area (Å²) in [6.45, 7) is 2.37. The first-order chi connectivity index (χ1) is 7.12. The maximum atomic E-state index is 11.4. The van der Waals surface area contributed by atoms with E-state index >= 15 is 0 Å². The molecule has 2 fully saturated rings. The van der Waals surface area contributed by atoms with Gasteiger partial charge in [-0.15, -0.1) is 0 Å². The molecule has 15 heavy (non-hydrogen) atoms. The Labute approximate surface area is 90.6 Å². The van der Waals surface area contributed by atoms with Crippen LogP contribution in [0.25, 0.3) is 0 Å². The molecule has 3 nitrogen and oxygen atoms in total. The van der Waals surface area contributed by atoms with Gasteiger partial charge in [-0.25, -0.2) is 0 Å². The summed E-state index contributed by atoms with van der Waals surface area (Å²) in [6, 6.07) is 0. The number of nitrogens with one attached hydrogen (secondary N) is 1. The molecule has 1 N–H and O–H groups in total. The molecule has 2 aliphatic rings. The lowest BCUT2D eigenvalue weighted by molar-refractivity contribution is -0.124. The molecule has 0 spiro atoms. The fraction of sp³-hybridized carbons (Fsp3) is 0.833. The Bertz CT molecular complexity index is 277. The molecule has 2 saturated carbocycles. The maximum absolute atomic E-state index is 11.4. The lowest BCUT2D eigenvalue weighted by Gasteiger charge is -2.14. The average Bonchev–Trinajstić information content (AvgIpc) is 3.01. The molecule has 0 aromatic carbocycles. The van der Waals surface area contributed by atoms with Crippen LogP contribution in [0.2, 0.25) is 0 Å². The molecule has 0 heterocycles. The van der Waals surface area contributed by atoms with E-state index in [-0.39, 0.29) is 11.7 Å². The summed E-state index contributed by atoms with van der Waals surface area (Å²) in [7, 11) is 0. The Hall–Kier alpha value is -0.860. The Morgan fingerprint density at radius 1 is 1.27 bits per heavy atom. The van der Waals surface area contributed by atoms with Crippen LogP contribution in [0, 0.1) is 11.3 Å². The van der Waals surface area contributed by atoms with E-state index in [1.807, 2.05) is 0 Å². The standard InChI is InChI=1S/C12H19NO2/c1-9(14)2-5-11(15)13-8-12(6-7-12)10-3-4-10/h10H,2-8H2,1H3,(H,13,15). The van der Waals surface area contributed by atoms with Crippen molar-refractivity contribution in [3.63, 3.8) is 0 Å².